The van der Waals surface area contributed by atoms with E-state index >= 15 is 0 Å². The zero-order valence-electron chi connectivity index (χ0n) is 11.3. The maximum absolute atomic E-state index is 12.3. The van der Waals surface area contributed by atoms with Crippen molar-refractivity contribution in [3.05, 3.63) is 23.7 Å². The smallest absolute Gasteiger partial charge is 0.331 e. The molecular weight excluding hydrogens is 248 g/mol. The van der Waals surface area contributed by atoms with Crippen molar-refractivity contribution in [3.63, 3.8) is 0 Å². The summed E-state index contributed by atoms with van der Waals surface area (Å²) in [4.78, 5) is 36.8. The number of carbonyl (C=O) groups is 3. The summed E-state index contributed by atoms with van der Waals surface area (Å²) in [6, 6.07) is 2.20. The summed E-state index contributed by atoms with van der Waals surface area (Å²) in [5.74, 6) is 0.0950. The number of nitrogens with zero attached hydrogens (tertiary/aromatic N) is 1. The van der Waals surface area contributed by atoms with E-state index in [1.807, 2.05) is 0 Å². The maximum Gasteiger partial charge on any atom is 0.331 e. The summed E-state index contributed by atoms with van der Waals surface area (Å²) < 4.78 is 5.43. The summed E-state index contributed by atoms with van der Waals surface area (Å²) >= 11 is 0. The fraction of sp³-hybridized carbons (Fsp3) is 0.462. The van der Waals surface area contributed by atoms with Crippen LogP contribution in [-0.2, 0) is 9.59 Å². The fourth-order valence-corrected chi connectivity index (χ4v) is 1.96. The molecule has 2 heterocycles. The van der Waals surface area contributed by atoms with Crippen LogP contribution in [0.4, 0.5) is 4.79 Å². The topological polar surface area (TPSA) is 79.6 Å². The summed E-state index contributed by atoms with van der Waals surface area (Å²) in [6.45, 7) is 6.44. The highest BCUT2D eigenvalue weighted by molar-refractivity contribution is 6.18. The molecule has 2 rings (SSSR count). The van der Waals surface area contributed by atoms with Crippen LogP contribution < -0.4 is 5.32 Å². The molecular formula is C13H16N2O4. The Labute approximate surface area is 110 Å². The first-order chi connectivity index (χ1) is 8.75. The molecule has 1 aromatic rings. The number of barbiturate groups is 1. The second-order valence-electron chi connectivity index (χ2n) is 5.18. The number of hydrogen-bond acceptors (Lipinski definition) is 4. The minimum Gasteiger partial charge on any atom is -0.464 e. The second kappa shape index (κ2) is 4.22. The van der Waals surface area contributed by atoms with Crippen LogP contribution in [0.5, 0.6) is 0 Å². The van der Waals surface area contributed by atoms with Crippen molar-refractivity contribution in [2.24, 2.45) is 5.41 Å². The van der Waals surface area contributed by atoms with Crippen molar-refractivity contribution in [1.82, 2.24) is 10.2 Å². The van der Waals surface area contributed by atoms with E-state index in [1.165, 1.54) is 13.8 Å². The Morgan fingerprint density at radius 3 is 2.42 bits per heavy atom. The molecule has 1 unspecified atom stereocenters. The van der Waals surface area contributed by atoms with Crippen LogP contribution in [0.15, 0.2) is 16.5 Å². The number of amides is 4. The Hall–Kier alpha value is -2.11. The molecule has 102 valence electrons. The number of hydrogen-bond donors (Lipinski definition) is 1. The monoisotopic (exact) mass is 264 g/mol. The first-order valence-corrected chi connectivity index (χ1v) is 6.00. The molecule has 19 heavy (non-hydrogen) atoms. The first kappa shape index (κ1) is 13.3. The van der Waals surface area contributed by atoms with E-state index in [0.29, 0.717) is 11.5 Å². The van der Waals surface area contributed by atoms with E-state index in [4.69, 9.17) is 4.42 Å². The highest BCUT2D eigenvalue weighted by Crippen LogP contribution is 2.31. The largest absolute Gasteiger partial charge is 0.464 e. The number of carbonyl (C=O) groups excluding carboxylic acids is 3. The molecule has 0 bridgehead atoms. The average molecular weight is 264 g/mol. The SMILES string of the molecule is Cc1ccc(C(C)N2C(=O)NC(=O)C(C)(C)C2=O)o1. The van der Waals surface area contributed by atoms with E-state index in [0.717, 1.165) is 4.90 Å². The van der Waals surface area contributed by atoms with Gasteiger partial charge in [0.25, 0.3) is 0 Å². The molecule has 1 fully saturated rings. The van der Waals surface area contributed by atoms with Gasteiger partial charge in [-0.15, -0.1) is 0 Å². The predicted octanol–water partition coefficient (Wildman–Crippen LogP) is 1.75. The molecule has 1 atom stereocenters. The molecule has 0 saturated carbocycles. The summed E-state index contributed by atoms with van der Waals surface area (Å²) in [6.07, 6.45) is 0. The Bertz CT molecular complexity index is 559. The number of aryl methyl sites for hydroxylation is 1. The summed E-state index contributed by atoms with van der Waals surface area (Å²) in [5.41, 5.74) is -1.26. The zero-order chi connectivity index (χ0) is 14.4. The molecule has 1 aliphatic heterocycles. The summed E-state index contributed by atoms with van der Waals surface area (Å²) in [5, 5.41) is 2.19. The number of urea groups is 1. The van der Waals surface area contributed by atoms with E-state index in [-0.39, 0.29) is 0 Å². The van der Waals surface area contributed by atoms with Gasteiger partial charge in [-0.3, -0.25) is 19.8 Å². The van der Waals surface area contributed by atoms with E-state index < -0.39 is 29.3 Å². The van der Waals surface area contributed by atoms with Crippen LogP contribution in [0.1, 0.15) is 38.3 Å². The van der Waals surface area contributed by atoms with Crippen molar-refractivity contribution in [2.45, 2.75) is 33.7 Å². The molecule has 1 N–H and O–H groups in total. The number of nitrogens with one attached hydrogen (secondary N) is 1. The van der Waals surface area contributed by atoms with Crippen molar-refractivity contribution in [1.29, 1.82) is 0 Å². The Kier molecular flexibility index (Phi) is 2.96. The van der Waals surface area contributed by atoms with Gasteiger partial charge in [-0.05, 0) is 39.8 Å². The van der Waals surface area contributed by atoms with Gasteiger partial charge in [0.15, 0.2) is 0 Å². The third kappa shape index (κ3) is 2.03. The molecule has 1 saturated heterocycles. The van der Waals surface area contributed by atoms with E-state index in [9.17, 15) is 14.4 Å². The third-order valence-electron chi connectivity index (χ3n) is 3.32. The van der Waals surface area contributed by atoms with Crippen LogP contribution in [0.2, 0.25) is 0 Å². The lowest BCUT2D eigenvalue weighted by molar-refractivity contribution is -0.150. The number of imide groups is 2. The lowest BCUT2D eigenvalue weighted by Gasteiger charge is -2.37. The average Bonchev–Trinajstić information content (AvgIpc) is 2.74. The third-order valence-corrected chi connectivity index (χ3v) is 3.32. The van der Waals surface area contributed by atoms with Gasteiger partial charge in [0, 0.05) is 0 Å². The minimum absolute atomic E-state index is 0.506. The number of rotatable bonds is 2. The van der Waals surface area contributed by atoms with Crippen molar-refractivity contribution < 1.29 is 18.8 Å². The van der Waals surface area contributed by atoms with Crippen LogP contribution in [0, 0.1) is 12.3 Å². The van der Waals surface area contributed by atoms with Gasteiger partial charge in [0.2, 0.25) is 11.8 Å². The van der Waals surface area contributed by atoms with Gasteiger partial charge in [0.05, 0.1) is 6.04 Å². The Balaban J connectivity index is 2.35. The number of furan rings is 1. The molecule has 6 nitrogen and oxygen atoms in total. The van der Waals surface area contributed by atoms with Gasteiger partial charge in [-0.25, -0.2) is 4.79 Å². The second-order valence-corrected chi connectivity index (χ2v) is 5.18. The quantitative estimate of drug-likeness (QED) is 0.825. The van der Waals surface area contributed by atoms with Crippen molar-refractivity contribution in [3.8, 4) is 0 Å². The lowest BCUT2D eigenvalue weighted by Crippen LogP contribution is -2.62. The predicted molar refractivity (Wildman–Crippen MR) is 66.0 cm³/mol. The molecule has 4 amide bonds. The Morgan fingerprint density at radius 2 is 1.89 bits per heavy atom. The highest BCUT2D eigenvalue weighted by atomic mass is 16.3. The van der Waals surface area contributed by atoms with Crippen LogP contribution >= 0.6 is 0 Å². The zero-order valence-corrected chi connectivity index (χ0v) is 11.3. The van der Waals surface area contributed by atoms with Gasteiger partial charge < -0.3 is 4.42 Å². The Morgan fingerprint density at radius 1 is 1.26 bits per heavy atom. The lowest BCUT2D eigenvalue weighted by atomic mass is 9.88. The van der Waals surface area contributed by atoms with Crippen LogP contribution in [0.3, 0.4) is 0 Å². The molecule has 1 aromatic heterocycles. The molecule has 0 radical (unpaired) electrons. The highest BCUT2D eigenvalue weighted by Gasteiger charge is 2.49. The maximum atomic E-state index is 12.3. The molecule has 0 aliphatic carbocycles. The normalized spacial score (nSPS) is 20.4. The summed E-state index contributed by atoms with van der Waals surface area (Å²) in [7, 11) is 0. The fourth-order valence-electron chi connectivity index (χ4n) is 1.96. The molecule has 0 spiro atoms. The molecule has 1 aliphatic rings. The van der Waals surface area contributed by atoms with Crippen LogP contribution in [0.25, 0.3) is 0 Å². The first-order valence-electron chi connectivity index (χ1n) is 6.00. The van der Waals surface area contributed by atoms with Crippen molar-refractivity contribution in [2.75, 3.05) is 0 Å². The van der Waals surface area contributed by atoms with Gasteiger partial charge in [-0.1, -0.05) is 0 Å². The van der Waals surface area contributed by atoms with E-state index in [1.54, 1.807) is 26.0 Å². The van der Waals surface area contributed by atoms with Gasteiger partial charge >= 0.3 is 6.03 Å². The standard InChI is InChI=1S/C13H16N2O4/c1-7-5-6-9(19-7)8(2)15-11(17)13(3,4)10(16)14-12(15)18/h5-6,8H,1-4H3,(H,14,16,18). The van der Waals surface area contributed by atoms with E-state index in [2.05, 4.69) is 5.32 Å². The van der Waals surface area contributed by atoms with Gasteiger partial charge in [-0.2, -0.15) is 0 Å². The molecule has 6 heteroatoms. The minimum atomic E-state index is -1.26. The van der Waals surface area contributed by atoms with Gasteiger partial charge in [0.1, 0.15) is 16.9 Å². The van der Waals surface area contributed by atoms with Crippen LogP contribution in [-0.4, -0.2) is 22.7 Å². The van der Waals surface area contributed by atoms with Crippen molar-refractivity contribution >= 4 is 17.8 Å². The molecule has 0 aromatic carbocycles.